The summed E-state index contributed by atoms with van der Waals surface area (Å²) in [5.74, 6) is 0.401. The summed E-state index contributed by atoms with van der Waals surface area (Å²) >= 11 is 6.83. The van der Waals surface area contributed by atoms with E-state index in [-0.39, 0.29) is 5.91 Å². The zero-order chi connectivity index (χ0) is 16.2. The Morgan fingerprint density at radius 3 is 2.78 bits per heavy atom. The lowest BCUT2D eigenvalue weighted by Gasteiger charge is -2.10. The van der Waals surface area contributed by atoms with Crippen molar-refractivity contribution in [3.63, 3.8) is 0 Å². The molecule has 2 aromatic heterocycles. The molecule has 3 aromatic rings. The summed E-state index contributed by atoms with van der Waals surface area (Å²) in [4.78, 5) is 16.3. The number of rotatable bonds is 4. The van der Waals surface area contributed by atoms with Gasteiger partial charge in [0.05, 0.1) is 18.3 Å². The number of amides is 1. The second-order valence-electron chi connectivity index (χ2n) is 4.81. The quantitative estimate of drug-likeness (QED) is 0.670. The van der Waals surface area contributed by atoms with Gasteiger partial charge in [-0.1, -0.05) is 34.1 Å². The molecule has 0 aliphatic rings. The third-order valence-electron chi connectivity index (χ3n) is 3.20. The minimum Gasteiger partial charge on any atom is -0.307 e. The van der Waals surface area contributed by atoms with Crippen LogP contribution in [0.15, 0.2) is 63.9 Å². The molecule has 0 atom stereocenters. The number of anilines is 1. The van der Waals surface area contributed by atoms with Crippen LogP contribution in [0.25, 0.3) is 0 Å². The lowest BCUT2D eigenvalue weighted by atomic mass is 10.2. The van der Waals surface area contributed by atoms with Gasteiger partial charge in [-0.25, -0.2) is 4.68 Å². The fourth-order valence-electron chi connectivity index (χ4n) is 2.08. The maximum atomic E-state index is 12.3. The van der Waals surface area contributed by atoms with Gasteiger partial charge in [0.25, 0.3) is 5.91 Å². The smallest absolute Gasteiger partial charge is 0.258 e. The van der Waals surface area contributed by atoms with Crippen molar-refractivity contribution in [1.29, 1.82) is 0 Å². The lowest BCUT2D eigenvalue weighted by Crippen LogP contribution is -2.16. The third kappa shape index (κ3) is 3.86. The van der Waals surface area contributed by atoms with Crippen molar-refractivity contribution in [2.45, 2.75) is 6.54 Å². The first-order valence-corrected chi connectivity index (χ1v) is 8.39. The highest BCUT2D eigenvalue weighted by atomic mass is 79.9. The SMILES string of the molecule is O=C(Nc1ccnn1Cc1ccccc1Br)c1cncc(Br)c1. The fourth-order valence-corrected chi connectivity index (χ4v) is 2.85. The fraction of sp³-hybridized carbons (Fsp3) is 0.0625. The summed E-state index contributed by atoms with van der Waals surface area (Å²) in [5.41, 5.74) is 1.56. The molecule has 1 amide bonds. The number of aromatic nitrogens is 3. The van der Waals surface area contributed by atoms with Crippen molar-refractivity contribution in [2.24, 2.45) is 0 Å². The zero-order valence-electron chi connectivity index (χ0n) is 11.9. The number of hydrogen-bond acceptors (Lipinski definition) is 3. The van der Waals surface area contributed by atoms with Crippen LogP contribution in [0.1, 0.15) is 15.9 Å². The molecule has 0 spiro atoms. The van der Waals surface area contributed by atoms with Crippen LogP contribution >= 0.6 is 31.9 Å². The first-order valence-electron chi connectivity index (χ1n) is 6.80. The molecule has 3 rings (SSSR count). The van der Waals surface area contributed by atoms with Gasteiger partial charge < -0.3 is 5.32 Å². The van der Waals surface area contributed by atoms with E-state index in [9.17, 15) is 4.79 Å². The summed E-state index contributed by atoms with van der Waals surface area (Å²) in [6, 6.07) is 11.4. The van der Waals surface area contributed by atoms with E-state index in [1.807, 2.05) is 24.3 Å². The topological polar surface area (TPSA) is 59.8 Å². The summed E-state index contributed by atoms with van der Waals surface area (Å²) < 4.78 is 3.50. The summed E-state index contributed by atoms with van der Waals surface area (Å²) in [5, 5.41) is 7.13. The Balaban J connectivity index is 1.79. The van der Waals surface area contributed by atoms with Gasteiger partial charge in [0.1, 0.15) is 5.82 Å². The summed E-state index contributed by atoms with van der Waals surface area (Å²) in [7, 11) is 0. The number of benzene rings is 1. The Hall–Kier alpha value is -1.99. The number of nitrogens with one attached hydrogen (secondary N) is 1. The van der Waals surface area contributed by atoms with E-state index >= 15 is 0 Å². The molecule has 2 heterocycles. The van der Waals surface area contributed by atoms with Crippen LogP contribution in [0.5, 0.6) is 0 Å². The molecule has 5 nitrogen and oxygen atoms in total. The monoisotopic (exact) mass is 434 g/mol. The molecule has 116 valence electrons. The molecule has 1 aromatic carbocycles. The van der Waals surface area contributed by atoms with Gasteiger partial charge in [0.15, 0.2) is 0 Å². The van der Waals surface area contributed by atoms with Crippen LogP contribution in [-0.4, -0.2) is 20.7 Å². The molecule has 0 unspecified atom stereocenters. The highest BCUT2D eigenvalue weighted by Gasteiger charge is 2.11. The molecule has 7 heteroatoms. The van der Waals surface area contributed by atoms with E-state index in [2.05, 4.69) is 47.3 Å². The molecule has 0 saturated carbocycles. The number of nitrogens with zero attached hydrogens (tertiary/aromatic N) is 3. The normalized spacial score (nSPS) is 10.5. The summed E-state index contributed by atoms with van der Waals surface area (Å²) in [6.45, 7) is 0.556. The van der Waals surface area contributed by atoms with Gasteiger partial charge in [0, 0.05) is 27.4 Å². The molecular formula is C16H12Br2N4O. The molecule has 0 fully saturated rings. The van der Waals surface area contributed by atoms with Gasteiger partial charge in [-0.3, -0.25) is 9.78 Å². The molecule has 1 N–H and O–H groups in total. The van der Waals surface area contributed by atoms with Crippen molar-refractivity contribution in [3.05, 3.63) is 75.1 Å². The molecule has 0 bridgehead atoms. The van der Waals surface area contributed by atoms with Gasteiger partial charge in [-0.15, -0.1) is 0 Å². The molecule has 0 saturated heterocycles. The van der Waals surface area contributed by atoms with E-state index in [0.29, 0.717) is 17.9 Å². The first-order chi connectivity index (χ1) is 11.1. The predicted octanol–water partition coefficient (Wildman–Crippen LogP) is 4.10. The average Bonchev–Trinajstić information content (AvgIpc) is 2.96. The van der Waals surface area contributed by atoms with Crippen molar-refractivity contribution in [3.8, 4) is 0 Å². The van der Waals surface area contributed by atoms with Crippen LogP contribution in [0.2, 0.25) is 0 Å². The number of hydrogen-bond donors (Lipinski definition) is 1. The molecule has 0 aliphatic heterocycles. The second-order valence-corrected chi connectivity index (χ2v) is 6.58. The minimum atomic E-state index is -0.229. The Bertz CT molecular complexity index is 847. The molecule has 0 radical (unpaired) electrons. The molecular weight excluding hydrogens is 424 g/mol. The van der Waals surface area contributed by atoms with Crippen molar-refractivity contribution in [2.75, 3.05) is 5.32 Å². The Labute approximate surface area is 150 Å². The number of carbonyl (C=O) groups excluding carboxylic acids is 1. The number of carbonyl (C=O) groups is 1. The Morgan fingerprint density at radius 2 is 2.00 bits per heavy atom. The van der Waals surface area contributed by atoms with Gasteiger partial charge >= 0.3 is 0 Å². The van der Waals surface area contributed by atoms with Crippen molar-refractivity contribution >= 4 is 43.6 Å². The minimum absolute atomic E-state index is 0.229. The highest BCUT2D eigenvalue weighted by Crippen LogP contribution is 2.19. The van der Waals surface area contributed by atoms with Crippen molar-refractivity contribution < 1.29 is 4.79 Å². The van der Waals surface area contributed by atoms with E-state index in [1.54, 1.807) is 29.2 Å². The van der Waals surface area contributed by atoms with Crippen LogP contribution in [0.4, 0.5) is 5.82 Å². The van der Waals surface area contributed by atoms with Gasteiger partial charge in [0.2, 0.25) is 0 Å². The van der Waals surface area contributed by atoms with Crippen molar-refractivity contribution in [1.82, 2.24) is 14.8 Å². The number of halogens is 2. The van der Waals surface area contributed by atoms with E-state index < -0.39 is 0 Å². The van der Waals surface area contributed by atoms with E-state index in [4.69, 9.17) is 0 Å². The third-order valence-corrected chi connectivity index (χ3v) is 4.41. The maximum Gasteiger partial charge on any atom is 0.258 e. The average molecular weight is 436 g/mol. The zero-order valence-corrected chi connectivity index (χ0v) is 15.1. The highest BCUT2D eigenvalue weighted by molar-refractivity contribution is 9.10. The summed E-state index contributed by atoms with van der Waals surface area (Å²) in [6.07, 6.45) is 4.81. The lowest BCUT2D eigenvalue weighted by molar-refractivity contribution is 0.102. The van der Waals surface area contributed by atoms with Crippen LogP contribution in [0, 0.1) is 0 Å². The van der Waals surface area contributed by atoms with Gasteiger partial charge in [-0.05, 0) is 33.6 Å². The van der Waals surface area contributed by atoms with E-state index in [1.165, 1.54) is 6.20 Å². The van der Waals surface area contributed by atoms with E-state index in [0.717, 1.165) is 14.5 Å². The molecule has 23 heavy (non-hydrogen) atoms. The molecule has 0 aliphatic carbocycles. The standard InChI is InChI=1S/C16H12Br2N4O/c17-13-7-12(8-19-9-13)16(23)21-15-5-6-20-22(15)10-11-3-1-2-4-14(11)18/h1-9H,10H2,(H,21,23). The van der Waals surface area contributed by atoms with Crippen LogP contribution < -0.4 is 5.32 Å². The van der Waals surface area contributed by atoms with Gasteiger partial charge in [-0.2, -0.15) is 5.10 Å². The Kier molecular flexibility index (Phi) is 4.88. The number of pyridine rings is 1. The Morgan fingerprint density at radius 1 is 1.17 bits per heavy atom. The second kappa shape index (κ2) is 7.06. The van der Waals surface area contributed by atoms with Crippen LogP contribution in [-0.2, 0) is 6.54 Å². The predicted molar refractivity (Wildman–Crippen MR) is 95.4 cm³/mol. The maximum absolute atomic E-state index is 12.3. The first kappa shape index (κ1) is 15.9. The van der Waals surface area contributed by atoms with Crippen LogP contribution in [0.3, 0.4) is 0 Å². The largest absolute Gasteiger partial charge is 0.307 e.